The van der Waals surface area contributed by atoms with Crippen molar-refractivity contribution in [3.63, 3.8) is 0 Å². The van der Waals surface area contributed by atoms with Crippen LogP contribution >= 0.6 is 0 Å². The maximum absolute atomic E-state index is 12.5. The van der Waals surface area contributed by atoms with E-state index in [1.807, 2.05) is 39.1 Å². The Morgan fingerprint density at radius 3 is 2.67 bits per heavy atom. The number of aromatic nitrogens is 1. The van der Waals surface area contributed by atoms with Gasteiger partial charge >= 0.3 is 0 Å². The molecule has 2 atom stereocenters. The molecule has 5 nitrogen and oxygen atoms in total. The van der Waals surface area contributed by atoms with Crippen molar-refractivity contribution in [2.75, 3.05) is 20.1 Å². The molecule has 116 valence electrons. The number of likely N-dealkylation sites (N-methyl/N-ethyl adjacent to an activating group) is 1. The lowest BCUT2D eigenvalue weighted by molar-refractivity contribution is -0.150. The monoisotopic (exact) mass is 290 g/mol. The van der Waals surface area contributed by atoms with Gasteiger partial charge in [-0.15, -0.1) is 0 Å². The summed E-state index contributed by atoms with van der Waals surface area (Å²) >= 11 is 0. The fraction of sp³-hybridized carbons (Fsp3) is 0.625. The number of carbonyl (C=O) groups excluding carboxylic acids is 1. The quantitative estimate of drug-likeness (QED) is 0.911. The zero-order valence-electron chi connectivity index (χ0n) is 13.4. The van der Waals surface area contributed by atoms with E-state index in [4.69, 9.17) is 5.73 Å². The second-order valence-electron chi connectivity index (χ2n) is 6.25. The van der Waals surface area contributed by atoms with Crippen LogP contribution in [0.2, 0.25) is 0 Å². The van der Waals surface area contributed by atoms with Crippen molar-refractivity contribution in [3.8, 4) is 0 Å². The van der Waals surface area contributed by atoms with Crippen LogP contribution in [0.4, 0.5) is 0 Å². The molecule has 21 heavy (non-hydrogen) atoms. The number of nitrogens with two attached hydrogens (primary N) is 1. The van der Waals surface area contributed by atoms with E-state index < -0.39 is 5.54 Å². The molecule has 2 rings (SSSR count). The Bertz CT molecular complexity index is 488. The minimum atomic E-state index is -0.567. The van der Waals surface area contributed by atoms with Crippen LogP contribution in [-0.4, -0.2) is 52.4 Å². The third-order valence-electron chi connectivity index (χ3n) is 4.47. The lowest BCUT2D eigenvalue weighted by Crippen LogP contribution is -2.64. The fourth-order valence-electron chi connectivity index (χ4n) is 3.10. The average molecular weight is 290 g/mol. The van der Waals surface area contributed by atoms with Gasteiger partial charge in [0.05, 0.1) is 17.3 Å². The Morgan fingerprint density at radius 2 is 2.10 bits per heavy atom. The second-order valence-corrected chi connectivity index (χ2v) is 6.25. The molecule has 0 spiro atoms. The first-order valence-corrected chi connectivity index (χ1v) is 7.58. The lowest BCUT2D eigenvalue weighted by Gasteiger charge is -2.49. The van der Waals surface area contributed by atoms with Gasteiger partial charge in [0.1, 0.15) is 0 Å². The van der Waals surface area contributed by atoms with Crippen molar-refractivity contribution in [3.05, 3.63) is 30.1 Å². The molecule has 0 aliphatic carbocycles. The first-order chi connectivity index (χ1) is 9.89. The Labute approximate surface area is 127 Å². The Morgan fingerprint density at radius 1 is 1.38 bits per heavy atom. The van der Waals surface area contributed by atoms with Crippen LogP contribution in [0.25, 0.3) is 0 Å². The van der Waals surface area contributed by atoms with Crippen LogP contribution in [0.3, 0.4) is 0 Å². The normalized spacial score (nSPS) is 22.1. The number of hydrogen-bond acceptors (Lipinski definition) is 4. The molecule has 1 aliphatic rings. The van der Waals surface area contributed by atoms with Crippen molar-refractivity contribution in [1.82, 2.24) is 14.8 Å². The molecule has 5 heteroatoms. The molecule has 0 bridgehead atoms. The maximum Gasteiger partial charge on any atom is 0.242 e. The Balaban J connectivity index is 2.40. The summed E-state index contributed by atoms with van der Waals surface area (Å²) in [5.74, 6) is 0.137. The topological polar surface area (TPSA) is 62.5 Å². The predicted octanol–water partition coefficient (Wildman–Crippen LogP) is 1.41. The number of carbonyl (C=O) groups is 1. The molecular weight excluding hydrogens is 264 g/mol. The number of nitrogens with zero attached hydrogens (tertiary/aromatic N) is 3. The van der Waals surface area contributed by atoms with Crippen LogP contribution in [0.15, 0.2) is 24.4 Å². The van der Waals surface area contributed by atoms with Crippen molar-refractivity contribution >= 4 is 5.91 Å². The Kier molecular flexibility index (Phi) is 4.64. The van der Waals surface area contributed by atoms with E-state index >= 15 is 0 Å². The van der Waals surface area contributed by atoms with Gasteiger partial charge in [-0.1, -0.05) is 13.0 Å². The summed E-state index contributed by atoms with van der Waals surface area (Å²) in [5.41, 5.74) is 6.75. The molecular formula is C16H26N4O. The molecule has 0 saturated carbocycles. The fourth-order valence-corrected chi connectivity index (χ4v) is 3.10. The summed E-state index contributed by atoms with van der Waals surface area (Å²) in [4.78, 5) is 21.0. The summed E-state index contributed by atoms with van der Waals surface area (Å²) in [6.07, 6.45) is 2.63. The number of piperazine rings is 1. The van der Waals surface area contributed by atoms with Gasteiger partial charge < -0.3 is 10.6 Å². The minimum Gasteiger partial charge on any atom is -0.343 e. The van der Waals surface area contributed by atoms with Gasteiger partial charge in [0, 0.05) is 32.4 Å². The van der Waals surface area contributed by atoms with E-state index in [0.717, 1.165) is 25.2 Å². The number of amides is 1. The van der Waals surface area contributed by atoms with E-state index in [9.17, 15) is 4.79 Å². The Hall–Kier alpha value is -1.46. The highest BCUT2D eigenvalue weighted by molar-refractivity contribution is 5.86. The zero-order valence-corrected chi connectivity index (χ0v) is 13.4. The summed E-state index contributed by atoms with van der Waals surface area (Å²) in [6.45, 7) is 7.56. The molecule has 2 heterocycles. The van der Waals surface area contributed by atoms with Crippen LogP contribution in [0.1, 0.15) is 38.9 Å². The van der Waals surface area contributed by atoms with Crippen molar-refractivity contribution in [1.29, 1.82) is 0 Å². The van der Waals surface area contributed by atoms with E-state index in [0.29, 0.717) is 0 Å². The van der Waals surface area contributed by atoms with Crippen LogP contribution in [0.5, 0.6) is 0 Å². The van der Waals surface area contributed by atoms with E-state index in [1.165, 1.54) is 0 Å². The van der Waals surface area contributed by atoms with Crippen molar-refractivity contribution in [2.45, 2.75) is 44.8 Å². The second kappa shape index (κ2) is 6.12. The first kappa shape index (κ1) is 15.9. The van der Waals surface area contributed by atoms with Crippen molar-refractivity contribution in [2.24, 2.45) is 5.73 Å². The molecule has 1 aromatic heterocycles. The standard InChI is InChI=1S/C16H26N4O/c1-5-12(17)14(13-8-6-7-9-18-13)20-11-10-19(4)15(21)16(20,2)3/h6-9,12,14H,5,10-11,17H2,1-4H3. The summed E-state index contributed by atoms with van der Waals surface area (Å²) in [5, 5.41) is 0. The SMILES string of the molecule is CCC(N)C(c1ccccn1)N1CCN(C)C(=O)C1(C)C. The van der Waals surface area contributed by atoms with Gasteiger partial charge in [0.15, 0.2) is 0 Å². The molecule has 1 fully saturated rings. The van der Waals surface area contributed by atoms with Crippen LogP contribution in [-0.2, 0) is 4.79 Å². The van der Waals surface area contributed by atoms with E-state index in [1.54, 1.807) is 11.1 Å². The third-order valence-corrected chi connectivity index (χ3v) is 4.47. The summed E-state index contributed by atoms with van der Waals surface area (Å²) in [7, 11) is 1.86. The molecule has 1 amide bonds. The number of pyridine rings is 1. The highest BCUT2D eigenvalue weighted by atomic mass is 16.2. The van der Waals surface area contributed by atoms with Crippen LogP contribution < -0.4 is 5.73 Å². The van der Waals surface area contributed by atoms with Gasteiger partial charge in [-0.25, -0.2) is 0 Å². The lowest BCUT2D eigenvalue weighted by atomic mass is 9.90. The van der Waals surface area contributed by atoms with Crippen molar-refractivity contribution < 1.29 is 4.79 Å². The molecule has 0 radical (unpaired) electrons. The predicted molar refractivity (Wildman–Crippen MR) is 83.7 cm³/mol. The number of rotatable bonds is 4. The van der Waals surface area contributed by atoms with Gasteiger partial charge in [-0.2, -0.15) is 0 Å². The van der Waals surface area contributed by atoms with Gasteiger partial charge in [-0.3, -0.25) is 14.7 Å². The molecule has 2 N–H and O–H groups in total. The summed E-state index contributed by atoms with van der Waals surface area (Å²) < 4.78 is 0. The molecule has 2 unspecified atom stereocenters. The zero-order chi connectivity index (χ0) is 15.6. The van der Waals surface area contributed by atoms with E-state index in [-0.39, 0.29) is 18.0 Å². The molecule has 1 aliphatic heterocycles. The van der Waals surface area contributed by atoms with Gasteiger partial charge in [0.25, 0.3) is 0 Å². The van der Waals surface area contributed by atoms with Crippen LogP contribution in [0, 0.1) is 0 Å². The van der Waals surface area contributed by atoms with Gasteiger partial charge in [-0.05, 0) is 32.4 Å². The molecule has 0 aromatic carbocycles. The molecule has 1 saturated heterocycles. The third kappa shape index (κ3) is 2.94. The maximum atomic E-state index is 12.5. The smallest absolute Gasteiger partial charge is 0.242 e. The average Bonchev–Trinajstić information content (AvgIpc) is 2.48. The highest BCUT2D eigenvalue weighted by Gasteiger charge is 2.45. The van der Waals surface area contributed by atoms with E-state index in [2.05, 4.69) is 16.8 Å². The number of hydrogen-bond donors (Lipinski definition) is 1. The first-order valence-electron chi connectivity index (χ1n) is 7.58. The minimum absolute atomic E-state index is 0.0381. The summed E-state index contributed by atoms with van der Waals surface area (Å²) in [6, 6.07) is 5.79. The molecule has 1 aromatic rings. The highest BCUT2D eigenvalue weighted by Crippen LogP contribution is 2.33. The largest absolute Gasteiger partial charge is 0.343 e. The van der Waals surface area contributed by atoms with Gasteiger partial charge in [0.2, 0.25) is 5.91 Å².